The Bertz CT molecular complexity index is 652. The normalized spacial score (nSPS) is 10.2. The van der Waals surface area contributed by atoms with Gasteiger partial charge in [-0.2, -0.15) is 0 Å². The number of hydrogen-bond donors (Lipinski definition) is 0. The van der Waals surface area contributed by atoms with E-state index in [9.17, 15) is 9.59 Å². The topological polar surface area (TPSA) is 59.5 Å². The zero-order chi connectivity index (χ0) is 14.7. The average molecular weight is 290 g/mol. The molecule has 0 radical (unpaired) electrons. The third-order valence-electron chi connectivity index (χ3n) is 2.84. The minimum Gasteiger partial charge on any atom is -0.486 e. The summed E-state index contributed by atoms with van der Waals surface area (Å²) in [6.07, 6.45) is 0.675. The van der Waals surface area contributed by atoms with Crippen LogP contribution in [0.5, 0.6) is 5.06 Å². The van der Waals surface area contributed by atoms with Gasteiger partial charge in [-0.3, -0.25) is 14.5 Å². The zero-order valence-electron chi connectivity index (χ0n) is 11.4. The predicted octanol–water partition coefficient (Wildman–Crippen LogP) is 2.55. The Morgan fingerprint density at radius 3 is 2.70 bits per heavy atom. The summed E-state index contributed by atoms with van der Waals surface area (Å²) >= 11 is 1.29. The molecule has 0 unspecified atom stereocenters. The first-order chi connectivity index (χ1) is 9.58. The zero-order valence-corrected chi connectivity index (χ0v) is 12.2. The third-order valence-corrected chi connectivity index (χ3v) is 4.03. The van der Waals surface area contributed by atoms with Crippen molar-refractivity contribution in [2.75, 3.05) is 19.1 Å². The van der Waals surface area contributed by atoms with E-state index in [1.807, 2.05) is 6.92 Å². The van der Waals surface area contributed by atoms with Crippen LogP contribution in [0.2, 0.25) is 0 Å². The highest BCUT2D eigenvalue weighted by Gasteiger charge is 2.20. The smallest absolute Gasteiger partial charge is 0.260 e. The summed E-state index contributed by atoms with van der Waals surface area (Å²) in [6.45, 7) is 1.82. The van der Waals surface area contributed by atoms with Crippen LogP contribution in [0.1, 0.15) is 26.4 Å². The molecular formula is C14H14N2O3S. The number of aryl methyl sites for hydroxylation is 1. The second-order valence-corrected chi connectivity index (χ2v) is 5.08. The maximum absolute atomic E-state index is 12.4. The van der Waals surface area contributed by atoms with E-state index in [1.54, 1.807) is 38.4 Å². The Hall–Kier alpha value is -2.21. The number of carbonyl (C=O) groups is 2. The molecule has 2 rings (SSSR count). The predicted molar refractivity (Wildman–Crippen MR) is 78.0 cm³/mol. The number of methoxy groups -OCH3 is 1. The van der Waals surface area contributed by atoms with E-state index in [4.69, 9.17) is 4.74 Å². The summed E-state index contributed by atoms with van der Waals surface area (Å²) < 4.78 is 5.17. The number of benzene rings is 1. The molecule has 0 bridgehead atoms. The Morgan fingerprint density at radius 2 is 2.10 bits per heavy atom. The van der Waals surface area contributed by atoms with Gasteiger partial charge in [-0.1, -0.05) is 29.5 Å². The fourth-order valence-corrected chi connectivity index (χ4v) is 2.61. The van der Waals surface area contributed by atoms with Crippen LogP contribution in [0.25, 0.3) is 0 Å². The number of ether oxygens (including phenoxy) is 1. The summed E-state index contributed by atoms with van der Waals surface area (Å²) in [4.78, 5) is 29.1. The summed E-state index contributed by atoms with van der Waals surface area (Å²) in [7, 11) is 3.19. The highest BCUT2D eigenvalue weighted by Crippen LogP contribution is 2.32. The lowest BCUT2D eigenvalue weighted by Crippen LogP contribution is -2.27. The van der Waals surface area contributed by atoms with Crippen molar-refractivity contribution >= 4 is 28.7 Å². The first-order valence-electron chi connectivity index (χ1n) is 5.92. The average Bonchev–Trinajstić information content (AvgIpc) is 2.86. The molecule has 5 nitrogen and oxygen atoms in total. The summed E-state index contributed by atoms with van der Waals surface area (Å²) in [6, 6.07) is 6.68. The van der Waals surface area contributed by atoms with Crippen LogP contribution in [0, 0.1) is 6.92 Å². The Kier molecular flexibility index (Phi) is 4.14. The van der Waals surface area contributed by atoms with Crippen molar-refractivity contribution in [1.29, 1.82) is 0 Å². The fraction of sp³-hybridized carbons (Fsp3) is 0.214. The van der Waals surface area contributed by atoms with E-state index >= 15 is 0 Å². The van der Waals surface area contributed by atoms with Crippen molar-refractivity contribution in [3.05, 3.63) is 41.1 Å². The van der Waals surface area contributed by atoms with Crippen molar-refractivity contribution in [1.82, 2.24) is 4.98 Å². The summed E-state index contributed by atoms with van der Waals surface area (Å²) in [5.74, 6) is -0.274. The van der Waals surface area contributed by atoms with E-state index in [2.05, 4.69) is 4.98 Å². The molecule has 0 spiro atoms. The Balaban J connectivity index is 2.34. The maximum Gasteiger partial charge on any atom is 0.260 e. The second kappa shape index (κ2) is 5.83. The van der Waals surface area contributed by atoms with Gasteiger partial charge >= 0.3 is 0 Å². The number of aldehydes is 1. The molecule has 0 aliphatic carbocycles. The van der Waals surface area contributed by atoms with Gasteiger partial charge < -0.3 is 4.74 Å². The van der Waals surface area contributed by atoms with Crippen molar-refractivity contribution < 1.29 is 14.3 Å². The van der Waals surface area contributed by atoms with Crippen LogP contribution < -0.4 is 9.64 Å². The van der Waals surface area contributed by atoms with Crippen LogP contribution in [-0.4, -0.2) is 31.3 Å². The van der Waals surface area contributed by atoms with Gasteiger partial charge in [0.25, 0.3) is 5.91 Å². The molecule has 20 heavy (non-hydrogen) atoms. The molecule has 2 aromatic rings. The van der Waals surface area contributed by atoms with Gasteiger partial charge in [0.05, 0.1) is 18.4 Å². The lowest BCUT2D eigenvalue weighted by Gasteiger charge is -2.14. The monoisotopic (exact) mass is 290 g/mol. The highest BCUT2D eigenvalue weighted by atomic mass is 32.1. The number of thiazole rings is 1. The Labute approximate surface area is 120 Å². The number of anilines is 1. The minimum atomic E-state index is -0.274. The molecule has 1 amide bonds. The lowest BCUT2D eigenvalue weighted by molar-refractivity contribution is 0.0986. The molecule has 0 fully saturated rings. The van der Waals surface area contributed by atoms with Crippen molar-refractivity contribution in [2.24, 2.45) is 0 Å². The SMILES string of the molecule is COc1sc(N(C)C(=O)c2ccccc2C=O)nc1C. The molecule has 1 aromatic heterocycles. The van der Waals surface area contributed by atoms with Crippen LogP contribution in [0.4, 0.5) is 5.13 Å². The molecule has 0 saturated heterocycles. The van der Waals surface area contributed by atoms with E-state index in [0.717, 1.165) is 5.69 Å². The van der Waals surface area contributed by atoms with E-state index in [1.165, 1.54) is 16.2 Å². The van der Waals surface area contributed by atoms with Gasteiger partial charge in [-0.25, -0.2) is 4.98 Å². The Morgan fingerprint density at radius 1 is 1.40 bits per heavy atom. The fourth-order valence-electron chi connectivity index (χ4n) is 1.76. The molecule has 104 valence electrons. The van der Waals surface area contributed by atoms with Gasteiger partial charge in [0.15, 0.2) is 16.5 Å². The van der Waals surface area contributed by atoms with Crippen LogP contribution in [-0.2, 0) is 0 Å². The highest BCUT2D eigenvalue weighted by molar-refractivity contribution is 7.17. The third kappa shape index (κ3) is 2.55. The molecule has 1 heterocycles. The lowest BCUT2D eigenvalue weighted by atomic mass is 10.1. The van der Waals surface area contributed by atoms with Crippen LogP contribution in [0.15, 0.2) is 24.3 Å². The van der Waals surface area contributed by atoms with Crippen molar-refractivity contribution in [3.63, 3.8) is 0 Å². The quantitative estimate of drug-likeness (QED) is 0.812. The van der Waals surface area contributed by atoms with Crippen molar-refractivity contribution in [2.45, 2.75) is 6.92 Å². The molecule has 1 aromatic carbocycles. The number of rotatable bonds is 4. The maximum atomic E-state index is 12.4. The summed E-state index contributed by atoms with van der Waals surface area (Å²) in [5.41, 5.74) is 1.46. The molecule has 0 aliphatic rings. The number of aromatic nitrogens is 1. The number of carbonyl (C=O) groups excluding carboxylic acids is 2. The minimum absolute atomic E-state index is 0.274. The molecule has 0 saturated carbocycles. The summed E-state index contributed by atoms with van der Waals surface area (Å²) in [5, 5.41) is 1.20. The van der Waals surface area contributed by atoms with Gasteiger partial charge in [-0.15, -0.1) is 0 Å². The first kappa shape index (κ1) is 14.2. The molecular weight excluding hydrogens is 276 g/mol. The van der Waals surface area contributed by atoms with E-state index in [0.29, 0.717) is 27.6 Å². The first-order valence-corrected chi connectivity index (χ1v) is 6.73. The van der Waals surface area contributed by atoms with Crippen molar-refractivity contribution in [3.8, 4) is 5.06 Å². The van der Waals surface area contributed by atoms with Gasteiger partial charge in [0.2, 0.25) is 0 Å². The van der Waals surface area contributed by atoms with E-state index < -0.39 is 0 Å². The van der Waals surface area contributed by atoms with E-state index in [-0.39, 0.29) is 5.91 Å². The molecule has 0 atom stereocenters. The molecule has 6 heteroatoms. The van der Waals surface area contributed by atoms with Crippen LogP contribution in [0.3, 0.4) is 0 Å². The number of amides is 1. The van der Waals surface area contributed by atoms with Gasteiger partial charge in [-0.05, 0) is 13.0 Å². The van der Waals surface area contributed by atoms with Gasteiger partial charge in [0.1, 0.15) is 0 Å². The largest absolute Gasteiger partial charge is 0.486 e. The standard InChI is InChI=1S/C14H14N2O3S/c1-9-13(19-3)20-14(15-9)16(2)12(18)11-7-5-4-6-10(11)8-17/h4-8H,1-3H3. The molecule has 0 N–H and O–H groups in total. The number of hydrogen-bond acceptors (Lipinski definition) is 5. The second-order valence-electron chi connectivity index (χ2n) is 4.14. The van der Waals surface area contributed by atoms with Gasteiger partial charge in [0, 0.05) is 12.6 Å². The number of nitrogens with zero attached hydrogens (tertiary/aromatic N) is 2. The molecule has 0 aliphatic heterocycles. The van der Waals surface area contributed by atoms with Crippen LogP contribution >= 0.6 is 11.3 Å².